The summed E-state index contributed by atoms with van der Waals surface area (Å²) in [5.74, 6) is 1.01. The third kappa shape index (κ3) is 5.20. The quantitative estimate of drug-likeness (QED) is 0.582. The van der Waals surface area contributed by atoms with Crippen molar-refractivity contribution < 1.29 is 4.74 Å². The Morgan fingerprint density at radius 3 is 2.19 bits per heavy atom. The van der Waals surface area contributed by atoms with Crippen molar-refractivity contribution in [2.45, 2.75) is 52.4 Å². The maximum Gasteiger partial charge on any atom is 0.119 e. The summed E-state index contributed by atoms with van der Waals surface area (Å²) < 4.78 is 5.69. The van der Waals surface area contributed by atoms with E-state index in [1.807, 2.05) is 0 Å². The Morgan fingerprint density at radius 1 is 0.875 bits per heavy atom. The summed E-state index contributed by atoms with van der Waals surface area (Å²) >= 11 is 0. The van der Waals surface area contributed by atoms with Crippen LogP contribution in [0.25, 0.3) is 0 Å². The zero-order valence-electron chi connectivity index (χ0n) is 10.7. The summed E-state index contributed by atoms with van der Waals surface area (Å²) in [7, 11) is 0. The van der Waals surface area contributed by atoms with Gasteiger partial charge >= 0.3 is 0 Å². The van der Waals surface area contributed by atoms with E-state index < -0.39 is 0 Å². The Kier molecular flexibility index (Phi) is 6.71. The molecular weight excluding hydrogens is 196 g/mol. The van der Waals surface area contributed by atoms with E-state index in [9.17, 15) is 0 Å². The molecule has 0 spiro atoms. The molecular formula is C15H24O. The molecule has 0 aromatic heterocycles. The average Bonchev–Trinajstić information content (AvgIpc) is 2.34. The van der Waals surface area contributed by atoms with Crippen LogP contribution in [-0.2, 0) is 6.42 Å². The highest BCUT2D eigenvalue weighted by Crippen LogP contribution is 2.13. The summed E-state index contributed by atoms with van der Waals surface area (Å²) in [6.07, 6.45) is 7.56. The van der Waals surface area contributed by atoms with Crippen LogP contribution in [-0.4, -0.2) is 6.61 Å². The number of rotatable bonds is 8. The van der Waals surface area contributed by atoms with Gasteiger partial charge in [-0.15, -0.1) is 0 Å². The van der Waals surface area contributed by atoms with Crippen LogP contribution in [0.4, 0.5) is 0 Å². The van der Waals surface area contributed by atoms with Crippen molar-refractivity contribution in [2.75, 3.05) is 6.61 Å². The zero-order valence-corrected chi connectivity index (χ0v) is 10.7. The molecule has 90 valence electrons. The number of unbranched alkanes of at least 4 members (excludes halogenated alkanes) is 4. The molecule has 0 saturated carbocycles. The van der Waals surface area contributed by atoms with Crippen molar-refractivity contribution in [2.24, 2.45) is 0 Å². The van der Waals surface area contributed by atoms with E-state index in [2.05, 4.69) is 38.1 Å². The van der Waals surface area contributed by atoms with E-state index in [0.29, 0.717) is 0 Å². The lowest BCUT2D eigenvalue weighted by atomic mass is 10.1. The Balaban J connectivity index is 2.12. The van der Waals surface area contributed by atoms with Gasteiger partial charge in [-0.2, -0.15) is 0 Å². The fourth-order valence-corrected chi connectivity index (χ4v) is 1.72. The van der Waals surface area contributed by atoms with Crippen LogP contribution in [0.2, 0.25) is 0 Å². The van der Waals surface area contributed by atoms with Crippen molar-refractivity contribution in [1.29, 1.82) is 0 Å². The van der Waals surface area contributed by atoms with E-state index in [1.54, 1.807) is 0 Å². The van der Waals surface area contributed by atoms with Gasteiger partial charge in [-0.25, -0.2) is 0 Å². The highest BCUT2D eigenvalue weighted by atomic mass is 16.5. The normalized spacial score (nSPS) is 10.4. The van der Waals surface area contributed by atoms with E-state index in [0.717, 1.165) is 18.8 Å². The molecule has 1 aromatic rings. The first kappa shape index (κ1) is 13.1. The summed E-state index contributed by atoms with van der Waals surface area (Å²) in [5.41, 5.74) is 1.37. The van der Waals surface area contributed by atoms with E-state index in [4.69, 9.17) is 4.74 Å². The number of hydrogen-bond donors (Lipinski definition) is 0. The Labute approximate surface area is 99.8 Å². The first-order chi connectivity index (χ1) is 7.86. The monoisotopic (exact) mass is 220 g/mol. The maximum atomic E-state index is 5.69. The minimum atomic E-state index is 0.856. The van der Waals surface area contributed by atoms with Crippen LogP contribution in [0.3, 0.4) is 0 Å². The molecule has 0 aliphatic heterocycles. The minimum Gasteiger partial charge on any atom is -0.494 e. The smallest absolute Gasteiger partial charge is 0.119 e. The molecule has 0 bridgehead atoms. The lowest BCUT2D eigenvalue weighted by Crippen LogP contribution is -1.97. The van der Waals surface area contributed by atoms with Gasteiger partial charge in [0.1, 0.15) is 5.75 Å². The molecule has 0 radical (unpaired) electrons. The van der Waals surface area contributed by atoms with Gasteiger partial charge in [0.2, 0.25) is 0 Å². The largest absolute Gasteiger partial charge is 0.494 e. The summed E-state index contributed by atoms with van der Waals surface area (Å²) in [5, 5.41) is 0. The Hall–Kier alpha value is -0.980. The highest BCUT2D eigenvalue weighted by Gasteiger charge is 1.94. The van der Waals surface area contributed by atoms with Gasteiger partial charge in [-0.05, 0) is 30.5 Å². The van der Waals surface area contributed by atoms with Gasteiger partial charge in [0.15, 0.2) is 0 Å². The topological polar surface area (TPSA) is 9.23 Å². The molecule has 1 rings (SSSR count). The molecule has 0 fully saturated rings. The lowest BCUT2D eigenvalue weighted by molar-refractivity contribution is 0.304. The van der Waals surface area contributed by atoms with Crippen LogP contribution < -0.4 is 4.74 Å². The molecule has 0 unspecified atom stereocenters. The fraction of sp³-hybridized carbons (Fsp3) is 0.600. The molecule has 0 heterocycles. The minimum absolute atomic E-state index is 0.856. The Bertz CT molecular complexity index is 263. The predicted octanol–water partition coefficient (Wildman–Crippen LogP) is 4.60. The van der Waals surface area contributed by atoms with Crippen LogP contribution in [0.15, 0.2) is 24.3 Å². The molecule has 0 amide bonds. The standard InChI is InChI=1S/C15H24O/c1-3-5-6-7-8-13-16-15-11-9-14(4-2)10-12-15/h9-12H,3-8,13H2,1-2H3. The number of benzene rings is 1. The van der Waals surface area contributed by atoms with Crippen LogP contribution in [0.1, 0.15) is 51.5 Å². The van der Waals surface area contributed by atoms with Crippen molar-refractivity contribution >= 4 is 0 Å². The second-order valence-electron chi connectivity index (χ2n) is 4.26. The van der Waals surface area contributed by atoms with Crippen molar-refractivity contribution in [3.63, 3.8) is 0 Å². The molecule has 0 N–H and O–H groups in total. The predicted molar refractivity (Wildman–Crippen MR) is 70.1 cm³/mol. The Morgan fingerprint density at radius 2 is 1.56 bits per heavy atom. The van der Waals surface area contributed by atoms with Crippen LogP contribution in [0.5, 0.6) is 5.75 Å². The van der Waals surface area contributed by atoms with Gasteiger partial charge in [-0.1, -0.05) is 51.7 Å². The van der Waals surface area contributed by atoms with E-state index in [-0.39, 0.29) is 0 Å². The molecule has 16 heavy (non-hydrogen) atoms. The first-order valence-corrected chi connectivity index (χ1v) is 6.58. The third-order valence-electron chi connectivity index (χ3n) is 2.85. The number of hydrogen-bond acceptors (Lipinski definition) is 1. The zero-order chi connectivity index (χ0) is 11.6. The van der Waals surface area contributed by atoms with E-state index >= 15 is 0 Å². The molecule has 1 aromatic carbocycles. The molecule has 0 aliphatic carbocycles. The number of ether oxygens (including phenoxy) is 1. The molecule has 1 nitrogen and oxygen atoms in total. The van der Waals surface area contributed by atoms with Crippen LogP contribution in [0, 0.1) is 0 Å². The summed E-state index contributed by atoms with van der Waals surface area (Å²) in [6, 6.07) is 8.44. The number of aryl methyl sites for hydroxylation is 1. The molecule has 0 saturated heterocycles. The van der Waals surface area contributed by atoms with E-state index in [1.165, 1.54) is 37.7 Å². The van der Waals surface area contributed by atoms with Crippen molar-refractivity contribution in [3.8, 4) is 5.75 Å². The second-order valence-corrected chi connectivity index (χ2v) is 4.26. The van der Waals surface area contributed by atoms with Crippen LogP contribution >= 0.6 is 0 Å². The average molecular weight is 220 g/mol. The van der Waals surface area contributed by atoms with Gasteiger partial charge in [0.25, 0.3) is 0 Å². The van der Waals surface area contributed by atoms with Crippen molar-refractivity contribution in [1.82, 2.24) is 0 Å². The molecule has 1 heteroatoms. The van der Waals surface area contributed by atoms with Crippen molar-refractivity contribution in [3.05, 3.63) is 29.8 Å². The SMILES string of the molecule is CCCCCCCOc1ccc(CC)cc1. The lowest BCUT2D eigenvalue weighted by Gasteiger charge is -2.06. The third-order valence-corrected chi connectivity index (χ3v) is 2.85. The second kappa shape index (κ2) is 8.20. The van der Waals surface area contributed by atoms with Gasteiger partial charge in [0.05, 0.1) is 6.61 Å². The summed E-state index contributed by atoms with van der Waals surface area (Å²) in [6.45, 7) is 5.27. The fourth-order valence-electron chi connectivity index (χ4n) is 1.72. The highest BCUT2D eigenvalue weighted by molar-refractivity contribution is 5.27. The maximum absolute atomic E-state index is 5.69. The first-order valence-electron chi connectivity index (χ1n) is 6.58. The molecule has 0 aliphatic rings. The van der Waals surface area contributed by atoms with Gasteiger partial charge in [0, 0.05) is 0 Å². The van der Waals surface area contributed by atoms with Gasteiger partial charge in [-0.3, -0.25) is 0 Å². The van der Waals surface area contributed by atoms with Gasteiger partial charge < -0.3 is 4.74 Å². The molecule has 0 atom stereocenters. The summed E-state index contributed by atoms with van der Waals surface area (Å²) in [4.78, 5) is 0.